The number of rotatable bonds is 6. The molecular formula is C23H18BrClF3N3O2. The molecule has 2 aromatic carbocycles. The van der Waals surface area contributed by atoms with Crippen LogP contribution < -0.4 is 10.1 Å². The number of carbonyl (C=O) groups is 1. The molecule has 0 bridgehead atoms. The molecule has 1 heterocycles. The van der Waals surface area contributed by atoms with E-state index in [-0.39, 0.29) is 27.8 Å². The highest BCUT2D eigenvalue weighted by atomic mass is 79.9. The van der Waals surface area contributed by atoms with Crippen molar-refractivity contribution in [2.75, 3.05) is 6.54 Å². The number of aryl methyl sites for hydroxylation is 2. The SMILES string of the molecule is Cc1cc(Br)ccc1C(F)(F)CNC(=O)c1c(Oc2cccc(Cl)c2F)nnc2c1CCC2. The molecule has 3 aromatic rings. The van der Waals surface area contributed by atoms with Crippen LogP contribution in [0.5, 0.6) is 11.6 Å². The number of nitrogens with one attached hydrogen (secondary N) is 1. The predicted molar refractivity (Wildman–Crippen MR) is 121 cm³/mol. The average Bonchev–Trinajstić information content (AvgIpc) is 3.23. The van der Waals surface area contributed by atoms with Gasteiger partial charge in [0.2, 0.25) is 0 Å². The van der Waals surface area contributed by atoms with Crippen LogP contribution in [0.25, 0.3) is 0 Å². The Balaban J connectivity index is 1.63. The van der Waals surface area contributed by atoms with E-state index in [0.29, 0.717) is 34.1 Å². The Kier molecular flexibility index (Phi) is 6.63. The smallest absolute Gasteiger partial charge is 0.290 e. The average molecular weight is 541 g/mol. The zero-order valence-electron chi connectivity index (χ0n) is 17.4. The van der Waals surface area contributed by atoms with Crippen LogP contribution in [0.4, 0.5) is 13.2 Å². The standard InChI is InChI=1S/C23H18BrClF3N3O2/c1-12-10-13(24)8-9-15(12)23(27,28)11-29-21(32)19-14-4-2-6-17(14)30-31-22(19)33-18-7-3-5-16(25)20(18)26/h3,5,7-10H,2,4,6,11H2,1H3,(H,29,32). The third kappa shape index (κ3) is 4.84. The second-order valence-corrected chi connectivity index (χ2v) is 8.98. The van der Waals surface area contributed by atoms with Crippen LogP contribution >= 0.6 is 27.5 Å². The maximum absolute atomic E-state index is 14.9. The van der Waals surface area contributed by atoms with Crippen molar-refractivity contribution in [1.29, 1.82) is 0 Å². The van der Waals surface area contributed by atoms with Gasteiger partial charge in [0, 0.05) is 10.0 Å². The summed E-state index contributed by atoms with van der Waals surface area (Å²) in [7, 11) is 0. The molecule has 1 aliphatic carbocycles. The molecule has 0 saturated heterocycles. The Morgan fingerprint density at radius 2 is 2.03 bits per heavy atom. The summed E-state index contributed by atoms with van der Waals surface area (Å²) >= 11 is 9.05. The van der Waals surface area contributed by atoms with Crippen molar-refractivity contribution >= 4 is 33.4 Å². The van der Waals surface area contributed by atoms with Gasteiger partial charge < -0.3 is 10.1 Å². The van der Waals surface area contributed by atoms with Crippen molar-refractivity contribution in [1.82, 2.24) is 15.5 Å². The third-order valence-electron chi connectivity index (χ3n) is 5.37. The van der Waals surface area contributed by atoms with E-state index in [4.69, 9.17) is 16.3 Å². The molecule has 0 radical (unpaired) electrons. The van der Waals surface area contributed by atoms with E-state index in [2.05, 4.69) is 31.4 Å². The van der Waals surface area contributed by atoms with E-state index < -0.39 is 24.2 Å². The summed E-state index contributed by atoms with van der Waals surface area (Å²) in [6.45, 7) is 0.636. The summed E-state index contributed by atoms with van der Waals surface area (Å²) in [4.78, 5) is 13.1. The molecule has 33 heavy (non-hydrogen) atoms. The lowest BCUT2D eigenvalue weighted by Crippen LogP contribution is -2.36. The number of amides is 1. The Bertz CT molecular complexity index is 1240. The first-order valence-electron chi connectivity index (χ1n) is 10.1. The van der Waals surface area contributed by atoms with Gasteiger partial charge in [-0.05, 0) is 61.6 Å². The predicted octanol–water partition coefficient (Wildman–Crippen LogP) is 6.14. The quantitative estimate of drug-likeness (QED) is 0.408. The minimum Gasteiger partial charge on any atom is -0.434 e. The summed E-state index contributed by atoms with van der Waals surface area (Å²) < 4.78 is 50.3. The van der Waals surface area contributed by atoms with E-state index in [1.807, 2.05) is 0 Å². The van der Waals surface area contributed by atoms with Gasteiger partial charge in [-0.2, -0.15) is 13.9 Å². The Hall–Kier alpha value is -2.65. The Morgan fingerprint density at radius 1 is 1.24 bits per heavy atom. The van der Waals surface area contributed by atoms with Crippen LogP contribution in [0.15, 0.2) is 40.9 Å². The van der Waals surface area contributed by atoms with Gasteiger partial charge in [-0.1, -0.05) is 39.7 Å². The molecule has 1 amide bonds. The number of hydrogen-bond acceptors (Lipinski definition) is 4. The molecule has 0 atom stereocenters. The molecule has 1 aliphatic rings. The highest BCUT2D eigenvalue weighted by molar-refractivity contribution is 9.10. The number of nitrogens with zero attached hydrogens (tertiary/aromatic N) is 2. The molecule has 4 rings (SSSR count). The maximum Gasteiger partial charge on any atom is 0.290 e. The van der Waals surface area contributed by atoms with Crippen molar-refractivity contribution in [3.05, 3.63) is 79.7 Å². The van der Waals surface area contributed by atoms with E-state index in [1.165, 1.54) is 30.3 Å². The van der Waals surface area contributed by atoms with E-state index in [1.54, 1.807) is 13.0 Å². The van der Waals surface area contributed by atoms with Crippen LogP contribution in [-0.4, -0.2) is 22.6 Å². The first-order chi connectivity index (χ1) is 15.7. The normalized spacial score (nSPS) is 13.0. The monoisotopic (exact) mass is 539 g/mol. The zero-order valence-corrected chi connectivity index (χ0v) is 19.7. The summed E-state index contributed by atoms with van der Waals surface area (Å²) in [5, 5.41) is 10.1. The summed E-state index contributed by atoms with van der Waals surface area (Å²) in [6, 6.07) is 8.55. The number of fused-ring (bicyclic) bond motifs is 1. The maximum atomic E-state index is 14.9. The fraction of sp³-hybridized carbons (Fsp3) is 0.261. The molecule has 0 spiro atoms. The molecule has 5 nitrogen and oxygen atoms in total. The van der Waals surface area contributed by atoms with Crippen molar-refractivity contribution in [2.24, 2.45) is 0 Å². The first kappa shape index (κ1) is 23.5. The van der Waals surface area contributed by atoms with Crippen molar-refractivity contribution < 1.29 is 22.7 Å². The molecule has 0 saturated carbocycles. The zero-order chi connectivity index (χ0) is 23.8. The van der Waals surface area contributed by atoms with Crippen LogP contribution in [-0.2, 0) is 18.8 Å². The first-order valence-corrected chi connectivity index (χ1v) is 11.3. The van der Waals surface area contributed by atoms with Crippen LogP contribution in [0.1, 0.15) is 39.2 Å². The molecule has 1 aromatic heterocycles. The van der Waals surface area contributed by atoms with E-state index in [9.17, 15) is 18.0 Å². The van der Waals surface area contributed by atoms with E-state index in [0.717, 1.165) is 6.42 Å². The van der Waals surface area contributed by atoms with Gasteiger partial charge in [-0.15, -0.1) is 5.10 Å². The number of halogens is 5. The second-order valence-electron chi connectivity index (χ2n) is 7.66. The van der Waals surface area contributed by atoms with Gasteiger partial charge in [-0.25, -0.2) is 4.39 Å². The fourth-order valence-electron chi connectivity index (χ4n) is 3.78. The van der Waals surface area contributed by atoms with Gasteiger partial charge in [-0.3, -0.25) is 4.79 Å². The lowest BCUT2D eigenvalue weighted by atomic mass is 10.0. The lowest BCUT2D eigenvalue weighted by Gasteiger charge is -2.20. The number of aromatic nitrogens is 2. The van der Waals surface area contributed by atoms with Gasteiger partial charge in [0.25, 0.3) is 17.7 Å². The van der Waals surface area contributed by atoms with Crippen molar-refractivity contribution in [2.45, 2.75) is 32.1 Å². The number of benzene rings is 2. The van der Waals surface area contributed by atoms with Gasteiger partial charge in [0.1, 0.15) is 5.56 Å². The van der Waals surface area contributed by atoms with Gasteiger partial charge in [0.05, 0.1) is 17.3 Å². The Labute approximate surface area is 201 Å². The number of carbonyl (C=O) groups excluding carboxylic acids is 1. The highest BCUT2D eigenvalue weighted by Gasteiger charge is 2.35. The molecule has 0 unspecified atom stereocenters. The summed E-state index contributed by atoms with van der Waals surface area (Å²) in [6.07, 6.45) is 1.83. The molecule has 172 valence electrons. The second kappa shape index (κ2) is 9.30. The van der Waals surface area contributed by atoms with E-state index >= 15 is 0 Å². The molecule has 0 fully saturated rings. The van der Waals surface area contributed by atoms with Crippen molar-refractivity contribution in [3.63, 3.8) is 0 Å². The van der Waals surface area contributed by atoms with Crippen LogP contribution in [0, 0.1) is 12.7 Å². The number of ether oxygens (including phenoxy) is 1. The topological polar surface area (TPSA) is 64.1 Å². The number of alkyl halides is 2. The lowest BCUT2D eigenvalue weighted by molar-refractivity contribution is -0.00312. The Morgan fingerprint density at radius 3 is 2.79 bits per heavy atom. The molecule has 0 aliphatic heterocycles. The largest absolute Gasteiger partial charge is 0.434 e. The van der Waals surface area contributed by atoms with Crippen LogP contribution in [0.3, 0.4) is 0 Å². The third-order valence-corrected chi connectivity index (χ3v) is 6.15. The fourth-order valence-corrected chi connectivity index (χ4v) is 4.42. The summed E-state index contributed by atoms with van der Waals surface area (Å²) in [5.74, 6) is -5.46. The van der Waals surface area contributed by atoms with Crippen molar-refractivity contribution in [3.8, 4) is 11.6 Å². The molecule has 1 N–H and O–H groups in total. The van der Waals surface area contributed by atoms with Gasteiger partial charge in [0.15, 0.2) is 11.6 Å². The van der Waals surface area contributed by atoms with Crippen LogP contribution in [0.2, 0.25) is 5.02 Å². The minimum atomic E-state index is -3.32. The highest BCUT2D eigenvalue weighted by Crippen LogP contribution is 2.35. The minimum absolute atomic E-state index is 0.0276. The number of hydrogen-bond donors (Lipinski definition) is 1. The molecular weight excluding hydrogens is 523 g/mol. The summed E-state index contributed by atoms with van der Waals surface area (Å²) in [5.41, 5.74) is 1.31. The van der Waals surface area contributed by atoms with Gasteiger partial charge >= 0.3 is 0 Å². The molecule has 10 heteroatoms.